The zero-order valence-corrected chi connectivity index (χ0v) is 16.1. The fourth-order valence-corrected chi connectivity index (χ4v) is 2.80. The van der Waals surface area contributed by atoms with Crippen molar-refractivity contribution in [3.8, 4) is 11.5 Å². The summed E-state index contributed by atoms with van der Waals surface area (Å²) in [5.74, 6) is -2.51. The first-order chi connectivity index (χ1) is 14.9. The van der Waals surface area contributed by atoms with E-state index in [0.717, 1.165) is 23.9 Å². The lowest BCUT2D eigenvalue weighted by molar-refractivity contribution is 0.262. The Labute approximate surface area is 174 Å². The van der Waals surface area contributed by atoms with Gasteiger partial charge in [0, 0.05) is 35.8 Å². The SMILES string of the molecule is Cc1cnc2ccc(Oc3ccc(NC(=O)Nc4ccc(F)c(F)c4)cc3F)cc2n1. The Morgan fingerprint density at radius 1 is 0.839 bits per heavy atom. The Morgan fingerprint density at radius 2 is 1.55 bits per heavy atom. The largest absolute Gasteiger partial charge is 0.454 e. The monoisotopic (exact) mass is 424 g/mol. The summed E-state index contributed by atoms with van der Waals surface area (Å²) in [4.78, 5) is 20.6. The van der Waals surface area contributed by atoms with E-state index in [1.807, 2.05) is 6.92 Å². The zero-order valence-electron chi connectivity index (χ0n) is 16.1. The van der Waals surface area contributed by atoms with Crippen molar-refractivity contribution in [2.24, 2.45) is 0 Å². The number of urea groups is 1. The summed E-state index contributed by atoms with van der Waals surface area (Å²) < 4.78 is 46.2. The molecule has 1 heterocycles. The highest BCUT2D eigenvalue weighted by atomic mass is 19.2. The first kappa shape index (κ1) is 20.1. The van der Waals surface area contributed by atoms with Gasteiger partial charge in [-0.2, -0.15) is 0 Å². The Bertz CT molecular complexity index is 1300. The van der Waals surface area contributed by atoms with Crippen molar-refractivity contribution in [1.29, 1.82) is 0 Å². The van der Waals surface area contributed by atoms with Crippen molar-refractivity contribution < 1.29 is 22.7 Å². The van der Waals surface area contributed by atoms with Gasteiger partial charge in [-0.1, -0.05) is 0 Å². The van der Waals surface area contributed by atoms with Crippen molar-refractivity contribution >= 4 is 28.4 Å². The number of anilines is 2. The zero-order chi connectivity index (χ0) is 22.0. The number of benzene rings is 3. The Morgan fingerprint density at radius 3 is 2.26 bits per heavy atom. The number of halogens is 3. The number of nitrogens with one attached hydrogen (secondary N) is 2. The first-order valence-corrected chi connectivity index (χ1v) is 9.11. The molecule has 31 heavy (non-hydrogen) atoms. The molecular weight excluding hydrogens is 409 g/mol. The van der Waals surface area contributed by atoms with Crippen LogP contribution < -0.4 is 15.4 Å². The molecule has 9 heteroatoms. The number of amides is 2. The smallest absolute Gasteiger partial charge is 0.323 e. The van der Waals surface area contributed by atoms with Crippen molar-refractivity contribution in [2.75, 3.05) is 10.6 Å². The molecule has 4 aromatic rings. The maximum Gasteiger partial charge on any atom is 0.323 e. The average Bonchev–Trinajstić information content (AvgIpc) is 2.72. The number of rotatable bonds is 4. The number of hydrogen-bond acceptors (Lipinski definition) is 4. The minimum Gasteiger partial charge on any atom is -0.454 e. The second-order valence-electron chi connectivity index (χ2n) is 6.62. The molecule has 0 bridgehead atoms. The number of aryl methyl sites for hydroxylation is 1. The first-order valence-electron chi connectivity index (χ1n) is 9.11. The molecule has 0 aliphatic rings. The summed E-state index contributed by atoms with van der Waals surface area (Å²) >= 11 is 0. The lowest BCUT2D eigenvalue weighted by Gasteiger charge is -2.11. The van der Waals surface area contributed by atoms with E-state index in [1.54, 1.807) is 24.4 Å². The number of nitrogens with zero attached hydrogens (tertiary/aromatic N) is 2. The topological polar surface area (TPSA) is 76.1 Å². The molecule has 2 N–H and O–H groups in total. The van der Waals surface area contributed by atoms with Crippen LogP contribution in [0.15, 0.2) is 60.8 Å². The van der Waals surface area contributed by atoms with E-state index in [1.165, 1.54) is 18.2 Å². The van der Waals surface area contributed by atoms with Gasteiger partial charge in [-0.15, -0.1) is 0 Å². The molecule has 0 unspecified atom stereocenters. The molecule has 3 aromatic carbocycles. The molecule has 6 nitrogen and oxygen atoms in total. The van der Waals surface area contributed by atoms with Crippen LogP contribution in [0.1, 0.15) is 5.69 Å². The van der Waals surface area contributed by atoms with Crippen LogP contribution in [0.5, 0.6) is 11.5 Å². The minimum absolute atomic E-state index is 0.0477. The van der Waals surface area contributed by atoms with Gasteiger partial charge in [0.05, 0.1) is 16.7 Å². The third-order valence-corrected chi connectivity index (χ3v) is 4.23. The van der Waals surface area contributed by atoms with Crippen molar-refractivity contribution in [3.63, 3.8) is 0 Å². The molecular formula is C22H15F3N4O2. The van der Waals surface area contributed by atoms with Crippen LogP contribution in [-0.2, 0) is 0 Å². The van der Waals surface area contributed by atoms with Gasteiger partial charge in [-0.3, -0.25) is 4.98 Å². The fourth-order valence-electron chi connectivity index (χ4n) is 2.80. The van der Waals surface area contributed by atoms with Crippen LogP contribution in [0.25, 0.3) is 11.0 Å². The summed E-state index contributed by atoms with van der Waals surface area (Å²) in [6, 6.07) is 11.1. The summed E-state index contributed by atoms with van der Waals surface area (Å²) in [5, 5.41) is 4.74. The summed E-state index contributed by atoms with van der Waals surface area (Å²) in [7, 11) is 0. The molecule has 0 radical (unpaired) electrons. The van der Waals surface area contributed by atoms with Gasteiger partial charge in [0.1, 0.15) is 5.75 Å². The molecule has 1 aromatic heterocycles. The predicted molar refractivity (Wildman–Crippen MR) is 110 cm³/mol. The van der Waals surface area contributed by atoms with E-state index in [4.69, 9.17) is 4.74 Å². The third-order valence-electron chi connectivity index (χ3n) is 4.23. The summed E-state index contributed by atoms with van der Waals surface area (Å²) in [6.45, 7) is 1.81. The number of aromatic nitrogens is 2. The Hall–Kier alpha value is -4.14. The van der Waals surface area contributed by atoms with Gasteiger partial charge in [-0.25, -0.2) is 22.9 Å². The predicted octanol–water partition coefficient (Wildman–Crippen LogP) is 5.79. The van der Waals surface area contributed by atoms with Crippen molar-refractivity contribution in [3.05, 3.63) is 83.9 Å². The molecule has 0 atom stereocenters. The summed E-state index contributed by atoms with van der Waals surface area (Å²) in [6.07, 6.45) is 1.65. The summed E-state index contributed by atoms with van der Waals surface area (Å²) in [5.41, 5.74) is 2.24. The van der Waals surface area contributed by atoms with E-state index in [0.29, 0.717) is 16.8 Å². The number of fused-ring (bicyclic) bond motifs is 1. The normalized spacial score (nSPS) is 10.7. The van der Waals surface area contributed by atoms with E-state index >= 15 is 0 Å². The van der Waals surface area contributed by atoms with Crippen LogP contribution in [-0.4, -0.2) is 16.0 Å². The second kappa shape index (κ2) is 8.31. The Balaban J connectivity index is 1.45. The lowest BCUT2D eigenvalue weighted by atomic mass is 10.2. The van der Waals surface area contributed by atoms with Crippen LogP contribution in [0.3, 0.4) is 0 Å². The van der Waals surface area contributed by atoms with Crippen molar-refractivity contribution in [2.45, 2.75) is 6.92 Å². The standard InChI is InChI=1S/C22H15F3N4O2/c1-12-11-26-19-6-4-15(10-20(19)27-12)31-21-7-3-14(9-18(21)25)29-22(30)28-13-2-5-16(23)17(24)8-13/h2-11H,1H3,(H2,28,29,30). The van der Waals surface area contributed by atoms with E-state index in [2.05, 4.69) is 20.6 Å². The van der Waals surface area contributed by atoms with Gasteiger partial charge < -0.3 is 15.4 Å². The molecule has 0 aliphatic heterocycles. The quantitative estimate of drug-likeness (QED) is 0.435. The molecule has 0 fully saturated rings. The maximum absolute atomic E-state index is 14.5. The molecule has 0 spiro atoms. The number of carbonyl (C=O) groups excluding carboxylic acids is 1. The minimum atomic E-state index is -1.10. The number of carbonyl (C=O) groups is 1. The van der Waals surface area contributed by atoms with E-state index < -0.39 is 23.5 Å². The van der Waals surface area contributed by atoms with Crippen LogP contribution in [0.2, 0.25) is 0 Å². The third kappa shape index (κ3) is 4.72. The number of hydrogen-bond donors (Lipinski definition) is 2. The highest BCUT2D eigenvalue weighted by Gasteiger charge is 2.11. The Kier molecular flexibility index (Phi) is 5.40. The molecule has 2 amide bonds. The highest BCUT2D eigenvalue weighted by molar-refractivity contribution is 5.99. The lowest BCUT2D eigenvalue weighted by Crippen LogP contribution is -2.19. The molecule has 0 saturated heterocycles. The van der Waals surface area contributed by atoms with Gasteiger partial charge >= 0.3 is 6.03 Å². The highest BCUT2D eigenvalue weighted by Crippen LogP contribution is 2.28. The van der Waals surface area contributed by atoms with Gasteiger partial charge in [0.25, 0.3) is 0 Å². The second-order valence-corrected chi connectivity index (χ2v) is 6.62. The molecule has 4 rings (SSSR count). The van der Waals surface area contributed by atoms with Crippen molar-refractivity contribution in [1.82, 2.24) is 9.97 Å². The van der Waals surface area contributed by atoms with Gasteiger partial charge in [0.15, 0.2) is 23.2 Å². The molecule has 0 aliphatic carbocycles. The fraction of sp³-hybridized carbons (Fsp3) is 0.0455. The van der Waals surface area contributed by atoms with Crippen LogP contribution >= 0.6 is 0 Å². The maximum atomic E-state index is 14.5. The van der Waals surface area contributed by atoms with E-state index in [-0.39, 0.29) is 17.1 Å². The molecule has 156 valence electrons. The molecule has 0 saturated carbocycles. The number of ether oxygens (including phenoxy) is 1. The van der Waals surface area contributed by atoms with Crippen LogP contribution in [0.4, 0.5) is 29.3 Å². The van der Waals surface area contributed by atoms with Crippen LogP contribution in [0, 0.1) is 24.4 Å². The van der Waals surface area contributed by atoms with Gasteiger partial charge in [0.2, 0.25) is 0 Å². The van der Waals surface area contributed by atoms with Gasteiger partial charge in [-0.05, 0) is 43.3 Å². The van der Waals surface area contributed by atoms with E-state index in [9.17, 15) is 18.0 Å². The average molecular weight is 424 g/mol.